The number of hydrogen-bond acceptors (Lipinski definition) is 6. The lowest BCUT2D eigenvalue weighted by Crippen LogP contribution is -1.92. The summed E-state index contributed by atoms with van der Waals surface area (Å²) in [6, 6.07) is 0. The molecule has 0 N–H and O–H groups in total. The lowest BCUT2D eigenvalue weighted by molar-refractivity contribution is 0.225. The second kappa shape index (κ2) is 42.2. The molecule has 0 aliphatic carbocycles. The molecule has 0 fully saturated rings. The number of hydrogen-bond donors (Lipinski definition) is 0. The van der Waals surface area contributed by atoms with Crippen LogP contribution < -0.4 is 0 Å². The zero-order chi connectivity index (χ0) is 22.1. The Hall–Kier alpha value is 0.0400. The van der Waals surface area contributed by atoms with Crippen LogP contribution in [0.25, 0.3) is 0 Å². The first-order chi connectivity index (χ1) is 12.1. The van der Waals surface area contributed by atoms with E-state index in [2.05, 4.69) is 45.4 Å². The molecule has 6 nitrogen and oxygen atoms in total. The van der Waals surface area contributed by atoms with Crippen molar-refractivity contribution in [3.05, 3.63) is 13.2 Å². The number of rotatable bonds is 8. The maximum absolute atomic E-state index is 11.0. The topological polar surface area (TPSA) is 71.1 Å². The van der Waals surface area contributed by atoms with E-state index in [9.17, 15) is 9.13 Å². The van der Waals surface area contributed by atoms with Gasteiger partial charge in [-0.3, -0.25) is 9.13 Å². The average Bonchev–Trinajstić information content (AvgIpc) is 2.58. The largest absolute Gasteiger partial charge is 0.327 e. The Morgan fingerprint density at radius 3 is 0.931 bits per heavy atom. The summed E-state index contributed by atoms with van der Waals surface area (Å²) < 4.78 is 40.5. The fourth-order valence-electron chi connectivity index (χ4n) is 0.793. The molecule has 1 atom stereocenters. The van der Waals surface area contributed by atoms with Crippen molar-refractivity contribution >= 4 is 15.2 Å². The van der Waals surface area contributed by atoms with Gasteiger partial charge in [-0.05, 0) is 20.8 Å². The van der Waals surface area contributed by atoms with E-state index in [-0.39, 0.29) is 22.3 Å². The first-order valence-corrected chi connectivity index (χ1v) is 13.2. The van der Waals surface area contributed by atoms with Crippen LogP contribution in [0.4, 0.5) is 0 Å². The van der Waals surface area contributed by atoms with Crippen LogP contribution in [0.3, 0.4) is 0 Å². The van der Waals surface area contributed by atoms with Gasteiger partial charge in [0.1, 0.15) is 0 Å². The number of unbranched alkanes of at least 4 members (excludes halogenated alkanes) is 1. The highest BCUT2D eigenvalue weighted by Gasteiger charge is 2.13. The molecule has 0 heterocycles. The highest BCUT2D eigenvalue weighted by Crippen LogP contribution is 2.43. The third-order valence-electron chi connectivity index (χ3n) is 1.92. The smallest absolute Gasteiger partial charge is 0.312 e. The Balaban J connectivity index is -0.0000000339. The SMILES string of the molecule is C.C.C.C=C.CCC.CCCC.CCOP(C)(=O)OC.CCOP(C)(=O)OCC. The molecular weight excluding hydrogens is 410 g/mol. The summed E-state index contributed by atoms with van der Waals surface area (Å²) in [5.74, 6) is 0. The maximum atomic E-state index is 11.0. The normalized spacial score (nSPS) is 10.4. The van der Waals surface area contributed by atoms with Crippen molar-refractivity contribution in [1.82, 2.24) is 0 Å². The van der Waals surface area contributed by atoms with Crippen molar-refractivity contribution in [2.24, 2.45) is 0 Å². The Labute approximate surface area is 186 Å². The van der Waals surface area contributed by atoms with Crippen molar-refractivity contribution < 1.29 is 27.2 Å². The summed E-state index contributed by atoms with van der Waals surface area (Å²) in [7, 11) is -3.99. The summed E-state index contributed by atoms with van der Waals surface area (Å²) in [4.78, 5) is 0. The summed E-state index contributed by atoms with van der Waals surface area (Å²) in [5, 5.41) is 0. The molecule has 0 aromatic rings. The van der Waals surface area contributed by atoms with Crippen LogP contribution in [0.2, 0.25) is 0 Å². The molecule has 1 unspecified atom stereocenters. The molecule has 0 amide bonds. The lowest BCUT2D eigenvalue weighted by Gasteiger charge is -2.10. The van der Waals surface area contributed by atoms with Crippen LogP contribution in [0.15, 0.2) is 13.2 Å². The van der Waals surface area contributed by atoms with E-state index in [1.807, 2.05) is 0 Å². The van der Waals surface area contributed by atoms with Gasteiger partial charge in [0.25, 0.3) is 0 Å². The van der Waals surface area contributed by atoms with Crippen molar-refractivity contribution in [2.45, 2.75) is 90.0 Å². The molecule has 0 aromatic heterocycles. The van der Waals surface area contributed by atoms with E-state index in [1.165, 1.54) is 39.7 Å². The minimum absolute atomic E-state index is 0. The Bertz CT molecular complexity index is 314. The molecule has 0 aliphatic heterocycles. The first-order valence-electron chi connectivity index (χ1n) is 9.21. The minimum Gasteiger partial charge on any atom is -0.312 e. The fraction of sp³-hybridized carbons (Fsp3) is 0.905. The van der Waals surface area contributed by atoms with E-state index < -0.39 is 15.2 Å². The molecule has 0 saturated heterocycles. The zero-order valence-electron chi connectivity index (χ0n) is 19.0. The van der Waals surface area contributed by atoms with Gasteiger partial charge in [0.2, 0.25) is 0 Å². The Morgan fingerprint density at radius 1 is 0.621 bits per heavy atom. The van der Waals surface area contributed by atoms with Gasteiger partial charge >= 0.3 is 15.2 Å². The van der Waals surface area contributed by atoms with E-state index >= 15 is 0 Å². The van der Waals surface area contributed by atoms with Gasteiger partial charge in [0.15, 0.2) is 0 Å². The molecule has 0 spiro atoms. The van der Waals surface area contributed by atoms with Crippen molar-refractivity contribution in [2.75, 3.05) is 40.3 Å². The van der Waals surface area contributed by atoms with E-state index in [0.717, 1.165) is 0 Å². The molecule has 8 heteroatoms. The molecule has 0 bridgehead atoms. The second-order valence-corrected chi connectivity index (χ2v) is 8.91. The van der Waals surface area contributed by atoms with Crippen molar-refractivity contribution in [1.29, 1.82) is 0 Å². The molecular formula is C21H58O6P2. The van der Waals surface area contributed by atoms with Gasteiger partial charge in [-0.2, -0.15) is 0 Å². The molecule has 29 heavy (non-hydrogen) atoms. The van der Waals surface area contributed by atoms with Crippen LogP contribution in [0.5, 0.6) is 0 Å². The average molecular weight is 469 g/mol. The molecule has 188 valence electrons. The summed E-state index contributed by atoms with van der Waals surface area (Å²) in [5.41, 5.74) is 0. The van der Waals surface area contributed by atoms with Crippen LogP contribution in [0, 0.1) is 0 Å². The molecule has 0 saturated carbocycles. The monoisotopic (exact) mass is 468 g/mol. The fourth-order valence-corrected chi connectivity index (χ4v) is 2.38. The van der Waals surface area contributed by atoms with Crippen LogP contribution in [-0.4, -0.2) is 40.3 Å². The van der Waals surface area contributed by atoms with E-state index in [1.54, 1.807) is 20.8 Å². The van der Waals surface area contributed by atoms with Crippen molar-refractivity contribution in [3.63, 3.8) is 0 Å². The Morgan fingerprint density at radius 2 is 0.828 bits per heavy atom. The molecule has 0 rings (SSSR count). The predicted molar refractivity (Wildman–Crippen MR) is 137 cm³/mol. The van der Waals surface area contributed by atoms with Crippen molar-refractivity contribution in [3.8, 4) is 0 Å². The van der Waals surface area contributed by atoms with Crippen LogP contribution >= 0.6 is 15.2 Å². The van der Waals surface area contributed by atoms with Gasteiger partial charge in [-0.1, -0.05) is 69.2 Å². The molecule has 0 aliphatic rings. The third kappa shape index (κ3) is 73.9. The van der Waals surface area contributed by atoms with Crippen LogP contribution in [-0.2, 0) is 27.2 Å². The van der Waals surface area contributed by atoms with E-state index in [4.69, 9.17) is 13.6 Å². The Kier molecular flexibility index (Phi) is 75.1. The minimum atomic E-state index is -2.69. The highest BCUT2D eigenvalue weighted by atomic mass is 31.2. The molecule has 0 radical (unpaired) electrons. The first kappa shape index (κ1) is 51.6. The quantitative estimate of drug-likeness (QED) is 0.261. The predicted octanol–water partition coefficient (Wildman–Crippen LogP) is 9.31. The van der Waals surface area contributed by atoms with Gasteiger partial charge in [-0.25, -0.2) is 0 Å². The van der Waals surface area contributed by atoms with Gasteiger partial charge < -0.3 is 18.1 Å². The highest BCUT2D eigenvalue weighted by molar-refractivity contribution is 7.53. The summed E-state index contributed by atoms with van der Waals surface area (Å²) in [6.07, 6.45) is 3.89. The summed E-state index contributed by atoms with van der Waals surface area (Å²) >= 11 is 0. The standard InChI is InChI=1S/C5H13O3P.C4H11O3P.C4H10.C3H8.C2H4.3CH4/c1-4-7-9(3,6)8-5-2;1-4-7-8(3,5)6-2;1-3-4-2;1-3-2;1-2;;;/h4-5H2,1-3H3;4H2,1-3H3;3-4H2,1-2H3;3H2,1-2H3;1-2H2;3*1H4. The van der Waals surface area contributed by atoms with Crippen LogP contribution in [0.1, 0.15) is 90.0 Å². The van der Waals surface area contributed by atoms with E-state index in [0.29, 0.717) is 19.8 Å². The van der Waals surface area contributed by atoms with Gasteiger partial charge in [0.05, 0.1) is 19.8 Å². The van der Waals surface area contributed by atoms with Gasteiger partial charge in [-0.15, -0.1) is 13.2 Å². The maximum Gasteiger partial charge on any atom is 0.327 e. The summed E-state index contributed by atoms with van der Waals surface area (Å²) in [6.45, 7) is 24.2. The zero-order valence-corrected chi connectivity index (χ0v) is 20.8. The third-order valence-corrected chi connectivity index (χ3v) is 4.77. The van der Waals surface area contributed by atoms with Gasteiger partial charge in [0, 0.05) is 20.4 Å². The lowest BCUT2D eigenvalue weighted by atomic mass is 10.4. The molecule has 0 aromatic carbocycles. The second-order valence-electron chi connectivity index (χ2n) is 4.69.